The molecular weight excluding hydrogens is 380 g/mol. The van der Waals surface area contributed by atoms with Crippen molar-refractivity contribution >= 4 is 23.1 Å². The van der Waals surface area contributed by atoms with Gasteiger partial charge in [0.25, 0.3) is 0 Å². The van der Waals surface area contributed by atoms with Gasteiger partial charge in [0.1, 0.15) is 11.5 Å². The van der Waals surface area contributed by atoms with Crippen LogP contribution in [0.2, 0.25) is 0 Å². The van der Waals surface area contributed by atoms with Crippen LogP contribution in [0.3, 0.4) is 0 Å². The minimum Gasteiger partial charge on any atom is -1.00 e. The number of hydrogen-bond acceptors (Lipinski definition) is 3. The molecule has 1 aromatic rings. The van der Waals surface area contributed by atoms with E-state index in [1.165, 1.54) is 24.8 Å². The van der Waals surface area contributed by atoms with E-state index >= 15 is 0 Å². The average molecular weight is 408 g/mol. The molecule has 0 bridgehead atoms. The number of hydrogen-bond donors (Lipinski definition) is 0. The maximum absolute atomic E-state index is 11.8. The number of ether oxygens (including phenoxy) is 2. The predicted octanol–water partition coefficient (Wildman–Crippen LogP) is 0.571. The Balaban J connectivity index is 0.00000264. The number of unbranched alkanes of at least 4 members (excludes halogenated alkanes) is 2. The molecule has 1 aromatic carbocycles. The van der Waals surface area contributed by atoms with E-state index in [1.54, 1.807) is 14.2 Å². The number of aryl methyl sites for hydroxylation is 1. The van der Waals surface area contributed by atoms with Crippen molar-refractivity contribution in [3.63, 3.8) is 0 Å². The molecule has 130 valence electrons. The Morgan fingerprint density at radius 1 is 1.12 bits per heavy atom. The molecule has 0 aromatic heterocycles. The van der Waals surface area contributed by atoms with Crippen molar-refractivity contribution in [2.45, 2.75) is 57.8 Å². The minimum absolute atomic E-state index is 0. The normalized spacial score (nSPS) is 16.5. The molecule has 5 heteroatoms. The first kappa shape index (κ1) is 23.6. The SMILES string of the molecule is CCCCCc1cc(OC)c([C@@H]2C=C([O-])CCC2)c(OC)c1.[Br-].[Mg+2]. The Kier molecular flexibility index (Phi) is 11.8. The average Bonchev–Trinajstić information content (AvgIpc) is 2.54. The van der Waals surface area contributed by atoms with Crippen LogP contribution in [0.25, 0.3) is 0 Å². The van der Waals surface area contributed by atoms with E-state index in [4.69, 9.17) is 9.47 Å². The fraction of sp³-hybridized carbons (Fsp3) is 0.579. The van der Waals surface area contributed by atoms with Gasteiger partial charge >= 0.3 is 23.1 Å². The standard InChI is InChI=1S/C19H28O3.BrH.Mg/c1-4-5-6-8-14-11-17(21-2)19(18(12-14)22-3)15-9-7-10-16(20)13-15;;/h11-13,15,20H,4-10H2,1-3H3;1H;/q;;+2/p-2/t15-;;/m0../s1. The van der Waals surface area contributed by atoms with Crippen LogP contribution < -0.4 is 31.6 Å². The maximum Gasteiger partial charge on any atom is 2.00 e. The second-order valence-electron chi connectivity index (χ2n) is 6.00. The van der Waals surface area contributed by atoms with Crippen LogP contribution in [0.15, 0.2) is 24.0 Å². The first-order valence-corrected chi connectivity index (χ1v) is 8.32. The van der Waals surface area contributed by atoms with Crippen LogP contribution in [0.1, 0.15) is 62.5 Å². The Morgan fingerprint density at radius 3 is 2.25 bits per heavy atom. The molecule has 0 saturated heterocycles. The maximum atomic E-state index is 11.8. The van der Waals surface area contributed by atoms with Gasteiger partial charge in [-0.25, -0.2) is 0 Å². The molecule has 0 heterocycles. The molecule has 3 nitrogen and oxygen atoms in total. The fourth-order valence-electron chi connectivity index (χ4n) is 3.20. The van der Waals surface area contributed by atoms with Gasteiger partial charge in [-0.2, -0.15) is 0 Å². The van der Waals surface area contributed by atoms with Crippen LogP contribution in [-0.4, -0.2) is 37.3 Å². The van der Waals surface area contributed by atoms with Crippen molar-refractivity contribution in [1.82, 2.24) is 0 Å². The van der Waals surface area contributed by atoms with Gasteiger partial charge in [-0.05, 0) is 49.8 Å². The van der Waals surface area contributed by atoms with Gasteiger partial charge in [0.15, 0.2) is 0 Å². The predicted molar refractivity (Wildman–Crippen MR) is 93.2 cm³/mol. The molecule has 1 atom stereocenters. The summed E-state index contributed by atoms with van der Waals surface area (Å²) in [6.45, 7) is 2.21. The van der Waals surface area contributed by atoms with E-state index < -0.39 is 0 Å². The Labute approximate surface area is 172 Å². The smallest absolute Gasteiger partial charge is 1.00 e. The minimum atomic E-state index is 0. The summed E-state index contributed by atoms with van der Waals surface area (Å²) in [5.41, 5.74) is 2.27. The zero-order valence-electron chi connectivity index (χ0n) is 15.1. The van der Waals surface area contributed by atoms with E-state index in [1.807, 2.05) is 6.08 Å². The van der Waals surface area contributed by atoms with Gasteiger partial charge in [0, 0.05) is 11.5 Å². The molecule has 0 unspecified atom stereocenters. The van der Waals surface area contributed by atoms with E-state index in [0.29, 0.717) is 6.42 Å². The molecule has 1 aliphatic carbocycles. The van der Waals surface area contributed by atoms with Crippen LogP contribution in [0, 0.1) is 0 Å². The fourth-order valence-corrected chi connectivity index (χ4v) is 3.20. The van der Waals surface area contributed by atoms with E-state index in [9.17, 15) is 5.11 Å². The van der Waals surface area contributed by atoms with Gasteiger partial charge in [-0.3, -0.25) is 0 Å². The first-order chi connectivity index (χ1) is 10.7. The first-order valence-electron chi connectivity index (χ1n) is 8.32. The van der Waals surface area contributed by atoms with Crippen LogP contribution in [0.4, 0.5) is 0 Å². The summed E-state index contributed by atoms with van der Waals surface area (Å²) in [5.74, 6) is 2.03. The summed E-state index contributed by atoms with van der Waals surface area (Å²) in [5, 5.41) is 11.8. The summed E-state index contributed by atoms with van der Waals surface area (Å²) in [6.07, 6.45) is 9.07. The zero-order valence-corrected chi connectivity index (χ0v) is 18.1. The van der Waals surface area contributed by atoms with Gasteiger partial charge in [0.2, 0.25) is 0 Å². The quantitative estimate of drug-likeness (QED) is 0.490. The summed E-state index contributed by atoms with van der Waals surface area (Å²) in [6, 6.07) is 4.22. The second kappa shape index (κ2) is 12.0. The third-order valence-electron chi connectivity index (χ3n) is 4.37. The Bertz CT molecular complexity index is 506. The van der Waals surface area contributed by atoms with Gasteiger partial charge in [-0.1, -0.05) is 25.8 Å². The second-order valence-corrected chi connectivity index (χ2v) is 6.00. The van der Waals surface area contributed by atoms with Crippen molar-refractivity contribution in [2.75, 3.05) is 14.2 Å². The van der Waals surface area contributed by atoms with Crippen LogP contribution >= 0.6 is 0 Å². The molecule has 0 radical (unpaired) electrons. The van der Waals surface area contributed by atoms with Crippen molar-refractivity contribution in [3.05, 3.63) is 35.1 Å². The molecule has 0 N–H and O–H groups in total. The topological polar surface area (TPSA) is 41.5 Å². The van der Waals surface area contributed by atoms with Crippen molar-refractivity contribution in [2.24, 2.45) is 0 Å². The third-order valence-corrected chi connectivity index (χ3v) is 4.37. The molecule has 24 heavy (non-hydrogen) atoms. The number of rotatable bonds is 7. The molecule has 0 amide bonds. The molecule has 1 aliphatic rings. The number of benzene rings is 1. The summed E-state index contributed by atoms with van der Waals surface area (Å²) < 4.78 is 11.2. The molecular formula is C19H27BrMgO3. The Morgan fingerprint density at radius 2 is 1.75 bits per heavy atom. The summed E-state index contributed by atoms with van der Waals surface area (Å²) in [4.78, 5) is 0. The zero-order chi connectivity index (χ0) is 15.9. The Hall–Kier alpha value is -0.394. The van der Waals surface area contributed by atoms with Crippen molar-refractivity contribution in [3.8, 4) is 11.5 Å². The van der Waals surface area contributed by atoms with E-state index in [-0.39, 0.29) is 51.7 Å². The van der Waals surface area contributed by atoms with Gasteiger partial charge in [0.05, 0.1) is 14.2 Å². The molecule has 0 fully saturated rings. The third kappa shape index (κ3) is 6.16. The largest absolute Gasteiger partial charge is 2.00 e. The number of allylic oxidation sites excluding steroid dienone is 2. The molecule has 0 saturated carbocycles. The van der Waals surface area contributed by atoms with Crippen LogP contribution in [-0.2, 0) is 6.42 Å². The molecule has 0 spiro atoms. The van der Waals surface area contributed by atoms with E-state index in [2.05, 4.69) is 19.1 Å². The van der Waals surface area contributed by atoms with Gasteiger partial charge in [-0.15, -0.1) is 5.76 Å². The summed E-state index contributed by atoms with van der Waals surface area (Å²) >= 11 is 0. The van der Waals surface area contributed by atoms with Gasteiger partial charge < -0.3 is 31.6 Å². The van der Waals surface area contributed by atoms with Crippen LogP contribution in [0.5, 0.6) is 11.5 Å². The van der Waals surface area contributed by atoms with Crippen molar-refractivity contribution in [1.29, 1.82) is 0 Å². The van der Waals surface area contributed by atoms with E-state index in [0.717, 1.165) is 36.3 Å². The summed E-state index contributed by atoms with van der Waals surface area (Å²) in [7, 11) is 3.39. The number of methoxy groups -OCH3 is 2. The monoisotopic (exact) mass is 406 g/mol. The molecule has 2 rings (SSSR count). The number of halogens is 1. The van der Waals surface area contributed by atoms with Crippen molar-refractivity contribution < 1.29 is 31.6 Å². The molecule has 0 aliphatic heterocycles.